The first-order chi connectivity index (χ1) is 8.61. The maximum absolute atomic E-state index is 6.08. The zero-order valence-electron chi connectivity index (χ0n) is 11.0. The minimum absolute atomic E-state index is 0.0421. The highest BCUT2D eigenvalue weighted by molar-refractivity contribution is 9.10. The van der Waals surface area contributed by atoms with Crippen LogP contribution in [0.1, 0.15) is 31.9 Å². The molecule has 0 aliphatic carbocycles. The number of ether oxygens (including phenoxy) is 1. The van der Waals surface area contributed by atoms with E-state index < -0.39 is 0 Å². The molecule has 18 heavy (non-hydrogen) atoms. The van der Waals surface area contributed by atoms with Crippen molar-refractivity contribution in [3.63, 3.8) is 0 Å². The first-order valence-corrected chi connectivity index (χ1v) is 7.32. The Kier molecular flexibility index (Phi) is 4.65. The lowest BCUT2D eigenvalue weighted by Gasteiger charge is -2.35. The van der Waals surface area contributed by atoms with Gasteiger partial charge < -0.3 is 15.4 Å². The highest BCUT2D eigenvalue weighted by atomic mass is 79.9. The highest BCUT2D eigenvalue weighted by Crippen LogP contribution is 2.30. The second-order valence-electron chi connectivity index (χ2n) is 4.84. The molecule has 0 saturated carbocycles. The van der Waals surface area contributed by atoms with E-state index in [1.807, 2.05) is 6.92 Å². The van der Waals surface area contributed by atoms with Crippen molar-refractivity contribution < 1.29 is 4.74 Å². The molecule has 0 radical (unpaired) electrons. The topological polar surface area (TPSA) is 38.5 Å². The Bertz CT molecular complexity index is 409. The fourth-order valence-corrected chi connectivity index (χ4v) is 2.74. The van der Waals surface area contributed by atoms with Crippen molar-refractivity contribution in [2.45, 2.75) is 32.4 Å². The van der Waals surface area contributed by atoms with Gasteiger partial charge >= 0.3 is 0 Å². The number of anilines is 1. The molecule has 1 aromatic carbocycles. The van der Waals surface area contributed by atoms with Crippen molar-refractivity contribution >= 4 is 21.6 Å². The standard InChI is InChI=1S/C14H21BrN2O/c1-3-12-9-17(6-7-18-12)14-5-4-11(15)8-13(14)10(2)16/h4-5,8,10,12H,3,6-7,9,16H2,1-2H3. The van der Waals surface area contributed by atoms with Gasteiger partial charge in [0.05, 0.1) is 12.7 Å². The largest absolute Gasteiger partial charge is 0.375 e. The number of halogens is 1. The van der Waals surface area contributed by atoms with E-state index >= 15 is 0 Å². The smallest absolute Gasteiger partial charge is 0.0748 e. The average Bonchev–Trinajstić information content (AvgIpc) is 2.38. The normalized spacial score (nSPS) is 22.0. The number of hydrogen-bond donors (Lipinski definition) is 1. The van der Waals surface area contributed by atoms with Gasteiger partial charge in [-0.15, -0.1) is 0 Å². The molecule has 0 bridgehead atoms. The molecule has 4 heteroatoms. The molecule has 100 valence electrons. The summed E-state index contributed by atoms with van der Waals surface area (Å²) in [5.74, 6) is 0. The van der Waals surface area contributed by atoms with Gasteiger partial charge in [-0.1, -0.05) is 22.9 Å². The third-order valence-corrected chi connectivity index (χ3v) is 3.91. The molecule has 0 spiro atoms. The predicted octanol–water partition coefficient (Wildman–Crippen LogP) is 3.08. The first-order valence-electron chi connectivity index (χ1n) is 6.53. The van der Waals surface area contributed by atoms with Crippen LogP contribution in [0.2, 0.25) is 0 Å². The predicted molar refractivity (Wildman–Crippen MR) is 79.0 cm³/mol. The van der Waals surface area contributed by atoms with Gasteiger partial charge in [-0.3, -0.25) is 0 Å². The maximum Gasteiger partial charge on any atom is 0.0748 e. The molecular formula is C14H21BrN2O. The second kappa shape index (κ2) is 6.04. The van der Waals surface area contributed by atoms with Crippen LogP contribution in [0, 0.1) is 0 Å². The maximum atomic E-state index is 6.08. The van der Waals surface area contributed by atoms with Gasteiger partial charge in [-0.05, 0) is 37.1 Å². The number of hydrogen-bond acceptors (Lipinski definition) is 3. The molecule has 1 fully saturated rings. The van der Waals surface area contributed by atoms with Crippen LogP contribution in [-0.2, 0) is 4.74 Å². The van der Waals surface area contributed by atoms with Gasteiger partial charge in [-0.25, -0.2) is 0 Å². The Labute approximate surface area is 117 Å². The van der Waals surface area contributed by atoms with E-state index in [0.717, 1.165) is 30.6 Å². The summed E-state index contributed by atoms with van der Waals surface area (Å²) < 4.78 is 6.80. The second-order valence-corrected chi connectivity index (χ2v) is 5.75. The van der Waals surface area contributed by atoms with Gasteiger partial charge in [0.1, 0.15) is 0 Å². The SMILES string of the molecule is CCC1CN(c2ccc(Br)cc2C(C)N)CCO1. The Morgan fingerprint density at radius 3 is 3.00 bits per heavy atom. The fraction of sp³-hybridized carbons (Fsp3) is 0.571. The lowest BCUT2D eigenvalue weighted by molar-refractivity contribution is 0.0383. The first kappa shape index (κ1) is 13.8. The molecule has 1 aliphatic heterocycles. The van der Waals surface area contributed by atoms with Crippen LogP contribution in [0.5, 0.6) is 0 Å². The molecule has 1 aliphatic rings. The van der Waals surface area contributed by atoms with Crippen LogP contribution in [0.4, 0.5) is 5.69 Å². The molecule has 3 nitrogen and oxygen atoms in total. The molecule has 1 heterocycles. The van der Waals surface area contributed by atoms with Gasteiger partial charge in [-0.2, -0.15) is 0 Å². The van der Waals surface area contributed by atoms with Crippen molar-refractivity contribution in [1.82, 2.24) is 0 Å². The molecule has 1 aromatic rings. The fourth-order valence-electron chi connectivity index (χ4n) is 2.36. The summed E-state index contributed by atoms with van der Waals surface area (Å²) in [6, 6.07) is 6.40. The summed E-state index contributed by atoms with van der Waals surface area (Å²) in [6.45, 7) is 6.90. The minimum Gasteiger partial charge on any atom is -0.375 e. The van der Waals surface area contributed by atoms with E-state index in [9.17, 15) is 0 Å². The van der Waals surface area contributed by atoms with Crippen LogP contribution >= 0.6 is 15.9 Å². The zero-order valence-corrected chi connectivity index (χ0v) is 12.6. The van der Waals surface area contributed by atoms with E-state index in [0.29, 0.717) is 6.10 Å². The Hall–Kier alpha value is -0.580. The quantitative estimate of drug-likeness (QED) is 0.932. The van der Waals surface area contributed by atoms with Crippen LogP contribution in [0.15, 0.2) is 22.7 Å². The van der Waals surface area contributed by atoms with Crippen molar-refractivity contribution in [2.75, 3.05) is 24.6 Å². The van der Waals surface area contributed by atoms with E-state index in [1.54, 1.807) is 0 Å². The van der Waals surface area contributed by atoms with Crippen molar-refractivity contribution in [3.05, 3.63) is 28.2 Å². The van der Waals surface area contributed by atoms with Gasteiger partial charge in [0.25, 0.3) is 0 Å². The van der Waals surface area contributed by atoms with Gasteiger partial charge in [0.15, 0.2) is 0 Å². The van der Waals surface area contributed by atoms with Gasteiger partial charge in [0, 0.05) is 29.3 Å². The molecule has 2 atom stereocenters. The molecule has 2 N–H and O–H groups in total. The zero-order chi connectivity index (χ0) is 13.1. The van der Waals surface area contributed by atoms with Crippen molar-refractivity contribution in [2.24, 2.45) is 5.73 Å². The van der Waals surface area contributed by atoms with E-state index in [-0.39, 0.29) is 6.04 Å². The summed E-state index contributed by atoms with van der Waals surface area (Å²) in [7, 11) is 0. The lowest BCUT2D eigenvalue weighted by atomic mass is 10.0. The number of nitrogens with zero attached hydrogens (tertiary/aromatic N) is 1. The monoisotopic (exact) mass is 312 g/mol. The molecule has 2 unspecified atom stereocenters. The highest BCUT2D eigenvalue weighted by Gasteiger charge is 2.21. The number of morpholine rings is 1. The number of benzene rings is 1. The number of nitrogens with two attached hydrogens (primary N) is 1. The Morgan fingerprint density at radius 2 is 2.33 bits per heavy atom. The van der Waals surface area contributed by atoms with Gasteiger partial charge in [0.2, 0.25) is 0 Å². The molecular weight excluding hydrogens is 292 g/mol. The summed E-state index contributed by atoms with van der Waals surface area (Å²) >= 11 is 3.52. The Balaban J connectivity index is 2.26. The third kappa shape index (κ3) is 3.05. The average molecular weight is 313 g/mol. The van der Waals surface area contributed by atoms with E-state index in [2.05, 4.69) is 46.0 Å². The van der Waals surface area contributed by atoms with E-state index in [1.165, 1.54) is 11.3 Å². The molecule has 2 rings (SSSR count). The minimum atomic E-state index is 0.0421. The van der Waals surface area contributed by atoms with Crippen molar-refractivity contribution in [1.29, 1.82) is 0 Å². The molecule has 1 saturated heterocycles. The molecule has 0 aromatic heterocycles. The summed E-state index contributed by atoms with van der Waals surface area (Å²) in [4.78, 5) is 2.39. The third-order valence-electron chi connectivity index (χ3n) is 3.41. The van der Waals surface area contributed by atoms with Crippen LogP contribution in [0.25, 0.3) is 0 Å². The molecule has 0 amide bonds. The summed E-state index contributed by atoms with van der Waals surface area (Å²) in [6.07, 6.45) is 1.39. The van der Waals surface area contributed by atoms with Crippen molar-refractivity contribution in [3.8, 4) is 0 Å². The van der Waals surface area contributed by atoms with Crippen LogP contribution in [0.3, 0.4) is 0 Å². The van der Waals surface area contributed by atoms with E-state index in [4.69, 9.17) is 10.5 Å². The summed E-state index contributed by atoms with van der Waals surface area (Å²) in [5, 5.41) is 0. The number of rotatable bonds is 3. The Morgan fingerprint density at radius 1 is 1.56 bits per heavy atom. The summed E-state index contributed by atoms with van der Waals surface area (Å²) in [5.41, 5.74) is 8.52. The lowest BCUT2D eigenvalue weighted by Crippen LogP contribution is -2.42. The van der Waals surface area contributed by atoms with Crippen LogP contribution < -0.4 is 10.6 Å². The van der Waals surface area contributed by atoms with Crippen LogP contribution in [-0.4, -0.2) is 25.8 Å².